The Labute approximate surface area is 115 Å². The van der Waals surface area contributed by atoms with Gasteiger partial charge in [-0.3, -0.25) is 4.21 Å². The minimum absolute atomic E-state index is 0.0405. The van der Waals surface area contributed by atoms with E-state index in [9.17, 15) is 17.4 Å². The second-order valence-corrected chi connectivity index (χ2v) is 6.22. The average Bonchev–Trinajstić information content (AvgIpc) is 2.22. The zero-order valence-electron chi connectivity index (χ0n) is 9.68. The van der Waals surface area contributed by atoms with Crippen molar-refractivity contribution in [2.24, 2.45) is 0 Å². The van der Waals surface area contributed by atoms with Gasteiger partial charge >= 0.3 is 6.18 Å². The summed E-state index contributed by atoms with van der Waals surface area (Å²) >= 11 is 3.14. The third-order valence-electron chi connectivity index (χ3n) is 2.21. The van der Waals surface area contributed by atoms with Crippen LogP contribution >= 0.6 is 15.9 Å². The van der Waals surface area contributed by atoms with Gasteiger partial charge in [0.1, 0.15) is 0 Å². The molecule has 0 aliphatic heterocycles. The lowest BCUT2D eigenvalue weighted by molar-refractivity contribution is -0.137. The van der Waals surface area contributed by atoms with Crippen molar-refractivity contribution in [3.63, 3.8) is 0 Å². The molecule has 1 aromatic rings. The highest BCUT2D eigenvalue weighted by molar-refractivity contribution is 9.10. The Morgan fingerprint density at radius 2 is 2.06 bits per heavy atom. The summed E-state index contributed by atoms with van der Waals surface area (Å²) in [5, 5.41) is 2.73. The minimum Gasteiger partial charge on any atom is -0.384 e. The number of nitrogens with one attached hydrogen (secondary N) is 1. The van der Waals surface area contributed by atoms with Crippen LogP contribution in [-0.4, -0.2) is 22.8 Å². The number of anilines is 1. The van der Waals surface area contributed by atoms with E-state index in [4.69, 9.17) is 0 Å². The van der Waals surface area contributed by atoms with E-state index in [0.29, 0.717) is 23.2 Å². The summed E-state index contributed by atoms with van der Waals surface area (Å²) in [6.45, 7) is 0.360. The topological polar surface area (TPSA) is 29.1 Å². The molecule has 0 spiro atoms. The second-order valence-electron chi connectivity index (χ2n) is 3.75. The first-order valence-electron chi connectivity index (χ1n) is 5.21. The molecular weight excluding hydrogens is 331 g/mol. The first kappa shape index (κ1) is 15.5. The lowest BCUT2D eigenvalue weighted by atomic mass is 10.1. The molecule has 0 fully saturated rings. The van der Waals surface area contributed by atoms with Gasteiger partial charge in [-0.05, 0) is 24.6 Å². The first-order valence-corrected chi connectivity index (χ1v) is 7.73. The zero-order valence-corrected chi connectivity index (χ0v) is 12.1. The van der Waals surface area contributed by atoms with E-state index in [1.54, 1.807) is 6.26 Å². The van der Waals surface area contributed by atoms with Crippen LogP contribution in [0.2, 0.25) is 0 Å². The van der Waals surface area contributed by atoms with E-state index in [-0.39, 0.29) is 5.69 Å². The molecule has 102 valence electrons. The van der Waals surface area contributed by atoms with Gasteiger partial charge in [-0.15, -0.1) is 0 Å². The summed E-state index contributed by atoms with van der Waals surface area (Å²) in [4.78, 5) is 0. The summed E-state index contributed by atoms with van der Waals surface area (Å²) in [5.74, 6) is 0.475. The molecule has 18 heavy (non-hydrogen) atoms. The molecule has 1 N–H and O–H groups in total. The predicted molar refractivity (Wildman–Crippen MR) is 71.2 cm³/mol. The highest BCUT2D eigenvalue weighted by atomic mass is 79.9. The van der Waals surface area contributed by atoms with Crippen LogP contribution in [0.4, 0.5) is 18.9 Å². The fraction of sp³-hybridized carbons (Fsp3) is 0.455. The number of rotatable bonds is 5. The molecule has 0 saturated heterocycles. The predicted octanol–water partition coefficient (Wildman–Crippen LogP) is 3.65. The van der Waals surface area contributed by atoms with E-state index in [2.05, 4.69) is 21.2 Å². The summed E-state index contributed by atoms with van der Waals surface area (Å²) in [7, 11) is -0.922. The third kappa shape index (κ3) is 4.97. The van der Waals surface area contributed by atoms with Crippen molar-refractivity contribution in [1.29, 1.82) is 0 Å². The van der Waals surface area contributed by atoms with Crippen molar-refractivity contribution in [1.82, 2.24) is 0 Å². The molecule has 1 aromatic carbocycles. The number of hydrogen-bond donors (Lipinski definition) is 1. The second kappa shape index (κ2) is 6.56. The van der Waals surface area contributed by atoms with Gasteiger partial charge in [0.2, 0.25) is 0 Å². The van der Waals surface area contributed by atoms with Crippen LogP contribution in [0.25, 0.3) is 0 Å². The van der Waals surface area contributed by atoms with Gasteiger partial charge in [0.25, 0.3) is 0 Å². The molecule has 2 nitrogen and oxygen atoms in total. The first-order chi connectivity index (χ1) is 8.30. The third-order valence-corrected chi connectivity index (χ3v) is 3.57. The average molecular weight is 344 g/mol. The van der Waals surface area contributed by atoms with Gasteiger partial charge in [-0.25, -0.2) is 0 Å². The summed E-state index contributed by atoms with van der Waals surface area (Å²) in [6.07, 6.45) is -2.25. The van der Waals surface area contributed by atoms with Crippen LogP contribution in [0.5, 0.6) is 0 Å². The van der Waals surface area contributed by atoms with Crippen molar-refractivity contribution < 1.29 is 17.4 Å². The molecule has 7 heteroatoms. The monoisotopic (exact) mass is 343 g/mol. The molecule has 0 amide bonds. The van der Waals surface area contributed by atoms with Gasteiger partial charge < -0.3 is 5.32 Å². The lowest BCUT2D eigenvalue weighted by Crippen LogP contribution is -2.12. The minimum atomic E-state index is -4.38. The van der Waals surface area contributed by atoms with E-state index >= 15 is 0 Å². The van der Waals surface area contributed by atoms with Crippen LogP contribution in [-0.2, 0) is 17.0 Å². The van der Waals surface area contributed by atoms with Gasteiger partial charge in [-0.2, -0.15) is 13.2 Å². The molecular formula is C11H13BrF3NOS. The van der Waals surface area contributed by atoms with Gasteiger partial charge in [0.15, 0.2) is 0 Å². The zero-order chi connectivity index (χ0) is 13.8. The van der Waals surface area contributed by atoms with Gasteiger partial charge in [0, 0.05) is 39.5 Å². The van der Waals surface area contributed by atoms with Crippen molar-refractivity contribution in [2.45, 2.75) is 12.6 Å². The highest BCUT2D eigenvalue weighted by Gasteiger charge is 2.33. The SMILES string of the molecule is CS(=O)CCCNc1cc(Br)ccc1C(F)(F)F. The maximum absolute atomic E-state index is 12.7. The Balaban J connectivity index is 2.74. The molecule has 0 saturated carbocycles. The molecule has 1 atom stereocenters. The van der Waals surface area contributed by atoms with Crippen LogP contribution in [0.3, 0.4) is 0 Å². The van der Waals surface area contributed by atoms with Crippen molar-refractivity contribution >= 4 is 32.4 Å². The normalized spacial score (nSPS) is 13.4. The molecule has 1 rings (SSSR count). The Morgan fingerprint density at radius 3 is 2.61 bits per heavy atom. The lowest BCUT2D eigenvalue weighted by Gasteiger charge is -2.14. The Bertz CT molecular complexity index is 437. The summed E-state index contributed by atoms with van der Waals surface area (Å²) in [6, 6.07) is 3.78. The van der Waals surface area contributed by atoms with Crippen LogP contribution < -0.4 is 5.32 Å². The summed E-state index contributed by atoms with van der Waals surface area (Å²) < 4.78 is 49.6. The number of halogens is 4. The van der Waals surface area contributed by atoms with Gasteiger partial charge in [0.05, 0.1) is 5.56 Å². The fourth-order valence-corrected chi connectivity index (χ4v) is 2.32. The van der Waals surface area contributed by atoms with Crippen molar-refractivity contribution in [3.05, 3.63) is 28.2 Å². The standard InChI is InChI=1S/C11H13BrF3NOS/c1-18(17)6-2-5-16-10-7-8(12)3-4-9(10)11(13,14)15/h3-4,7,16H,2,5-6H2,1H3. The Kier molecular flexibility index (Phi) is 5.65. The van der Waals surface area contributed by atoms with E-state index in [1.165, 1.54) is 12.1 Å². The molecule has 0 aliphatic rings. The molecule has 0 aliphatic carbocycles. The maximum atomic E-state index is 12.7. The number of benzene rings is 1. The molecule has 0 bridgehead atoms. The van der Waals surface area contributed by atoms with Gasteiger partial charge in [-0.1, -0.05) is 15.9 Å². The molecule has 0 aromatic heterocycles. The van der Waals surface area contributed by atoms with Crippen LogP contribution in [0, 0.1) is 0 Å². The molecule has 0 heterocycles. The number of alkyl halides is 3. The van der Waals surface area contributed by atoms with E-state index in [1.807, 2.05) is 0 Å². The van der Waals surface area contributed by atoms with E-state index < -0.39 is 22.5 Å². The molecule has 1 unspecified atom stereocenters. The maximum Gasteiger partial charge on any atom is 0.418 e. The van der Waals surface area contributed by atoms with Crippen molar-refractivity contribution in [3.8, 4) is 0 Å². The number of hydrogen-bond acceptors (Lipinski definition) is 2. The smallest absolute Gasteiger partial charge is 0.384 e. The van der Waals surface area contributed by atoms with E-state index in [0.717, 1.165) is 6.07 Å². The van der Waals surface area contributed by atoms with Crippen molar-refractivity contribution in [2.75, 3.05) is 23.9 Å². The van der Waals surface area contributed by atoms with Crippen LogP contribution in [0.1, 0.15) is 12.0 Å². The summed E-state index contributed by atoms with van der Waals surface area (Å²) in [5.41, 5.74) is -0.651. The largest absolute Gasteiger partial charge is 0.418 e. The highest BCUT2D eigenvalue weighted by Crippen LogP contribution is 2.36. The fourth-order valence-electron chi connectivity index (χ4n) is 1.41. The van der Waals surface area contributed by atoms with Crippen LogP contribution in [0.15, 0.2) is 22.7 Å². The Hall–Kier alpha value is -0.560. The molecule has 0 radical (unpaired) electrons. The Morgan fingerprint density at radius 1 is 1.39 bits per heavy atom. The quantitative estimate of drug-likeness (QED) is 0.827.